The molecule has 0 heterocycles. The lowest BCUT2D eigenvalue weighted by atomic mass is 10.0. The minimum absolute atomic E-state index is 0.0107. The number of nitrogens with zero attached hydrogens (tertiary/aromatic N) is 1. The minimum atomic E-state index is -0.712. The van der Waals surface area contributed by atoms with Crippen LogP contribution in [0, 0.1) is 0 Å². The van der Waals surface area contributed by atoms with Gasteiger partial charge in [-0.25, -0.2) is 0 Å². The minimum Gasteiger partial charge on any atom is -0.483 e. The fourth-order valence-electron chi connectivity index (χ4n) is 4.37. The Kier molecular flexibility index (Phi) is 10.2. The number of fused-ring (bicyclic) bond motifs is 1. The lowest BCUT2D eigenvalue weighted by Crippen LogP contribution is -2.53. The molecule has 0 aliphatic carbocycles. The van der Waals surface area contributed by atoms with Crippen LogP contribution in [0.2, 0.25) is 0 Å². The molecule has 4 aromatic carbocycles. The lowest BCUT2D eigenvalue weighted by molar-refractivity contribution is -0.143. The summed E-state index contributed by atoms with van der Waals surface area (Å²) in [7, 11) is 0. The van der Waals surface area contributed by atoms with E-state index in [1.165, 1.54) is 0 Å². The summed E-state index contributed by atoms with van der Waals surface area (Å²) in [4.78, 5) is 29.1. The molecule has 2 atom stereocenters. The van der Waals surface area contributed by atoms with Crippen LogP contribution in [0.3, 0.4) is 0 Å². The van der Waals surface area contributed by atoms with E-state index in [1.807, 2.05) is 105 Å². The molecule has 39 heavy (non-hydrogen) atoms. The molecule has 0 aliphatic heterocycles. The quantitative estimate of drug-likeness (QED) is 0.185. The number of halogens is 2. The smallest absolute Gasteiger partial charge is 0.261 e. The molecule has 2 amide bonds. The van der Waals surface area contributed by atoms with Crippen LogP contribution < -0.4 is 10.1 Å². The van der Waals surface area contributed by atoms with Crippen molar-refractivity contribution in [1.82, 2.24) is 10.2 Å². The average molecular weight is 652 g/mol. The van der Waals surface area contributed by atoms with Crippen LogP contribution in [0.25, 0.3) is 10.8 Å². The van der Waals surface area contributed by atoms with Crippen molar-refractivity contribution in [2.45, 2.75) is 45.3 Å². The number of benzene rings is 4. The SMILES string of the molecule is CC[C@H](C)NC(=O)[C@@H](Cc1ccccc1)N(Cc1cccc(Br)c1)C(=O)COc1ccc2ccccc2c1Br. The maximum absolute atomic E-state index is 13.9. The van der Waals surface area contributed by atoms with Gasteiger partial charge in [0.15, 0.2) is 6.61 Å². The van der Waals surface area contributed by atoms with Crippen LogP contribution in [-0.4, -0.2) is 35.4 Å². The first-order valence-corrected chi connectivity index (χ1v) is 14.6. The molecular formula is C32H32Br2N2O3. The second-order valence-corrected chi connectivity index (χ2v) is 11.3. The zero-order chi connectivity index (χ0) is 27.8. The number of rotatable bonds is 11. The highest BCUT2D eigenvalue weighted by atomic mass is 79.9. The Hall–Kier alpha value is -3.16. The largest absolute Gasteiger partial charge is 0.483 e. The predicted octanol–water partition coefficient (Wildman–Crippen LogP) is 7.30. The van der Waals surface area contributed by atoms with E-state index in [2.05, 4.69) is 37.2 Å². The molecule has 7 heteroatoms. The summed E-state index contributed by atoms with van der Waals surface area (Å²) in [6.45, 7) is 4.06. The zero-order valence-electron chi connectivity index (χ0n) is 22.1. The van der Waals surface area contributed by atoms with Gasteiger partial charge in [-0.2, -0.15) is 0 Å². The molecule has 0 radical (unpaired) electrons. The number of hydrogen-bond donors (Lipinski definition) is 1. The molecule has 0 aromatic heterocycles. The Morgan fingerprint density at radius 3 is 2.36 bits per heavy atom. The number of carbonyl (C=O) groups is 2. The molecule has 202 valence electrons. The van der Waals surface area contributed by atoms with Crippen molar-refractivity contribution in [3.63, 3.8) is 0 Å². The van der Waals surface area contributed by atoms with Crippen molar-refractivity contribution in [2.75, 3.05) is 6.61 Å². The highest BCUT2D eigenvalue weighted by molar-refractivity contribution is 9.11. The second-order valence-electron chi connectivity index (χ2n) is 9.56. The Morgan fingerprint density at radius 1 is 0.897 bits per heavy atom. The summed E-state index contributed by atoms with van der Waals surface area (Å²) >= 11 is 7.17. The summed E-state index contributed by atoms with van der Waals surface area (Å²) < 4.78 is 7.76. The van der Waals surface area contributed by atoms with Gasteiger partial charge in [0.1, 0.15) is 11.8 Å². The van der Waals surface area contributed by atoms with Crippen molar-refractivity contribution in [3.8, 4) is 5.75 Å². The first-order chi connectivity index (χ1) is 18.9. The van der Waals surface area contributed by atoms with Crippen molar-refractivity contribution in [2.24, 2.45) is 0 Å². The molecular weight excluding hydrogens is 620 g/mol. The van der Waals surface area contributed by atoms with E-state index in [-0.39, 0.29) is 31.0 Å². The number of hydrogen-bond acceptors (Lipinski definition) is 3. The van der Waals surface area contributed by atoms with Crippen molar-refractivity contribution < 1.29 is 14.3 Å². The highest BCUT2D eigenvalue weighted by Crippen LogP contribution is 2.33. The van der Waals surface area contributed by atoms with Gasteiger partial charge in [0.05, 0.1) is 4.47 Å². The van der Waals surface area contributed by atoms with Crippen LogP contribution in [0.4, 0.5) is 0 Å². The van der Waals surface area contributed by atoms with Crippen molar-refractivity contribution in [3.05, 3.63) is 111 Å². The molecule has 0 fully saturated rings. The summed E-state index contributed by atoms with van der Waals surface area (Å²) in [6.07, 6.45) is 1.19. The molecule has 0 spiro atoms. The summed E-state index contributed by atoms with van der Waals surface area (Å²) in [5.74, 6) is 0.131. The van der Waals surface area contributed by atoms with Gasteiger partial charge in [0.2, 0.25) is 5.91 Å². The highest BCUT2D eigenvalue weighted by Gasteiger charge is 2.31. The Balaban J connectivity index is 1.64. The molecule has 0 saturated carbocycles. The van der Waals surface area contributed by atoms with Gasteiger partial charge in [0.25, 0.3) is 5.91 Å². The van der Waals surface area contributed by atoms with E-state index in [1.54, 1.807) is 4.90 Å². The molecule has 0 saturated heterocycles. The van der Waals surface area contributed by atoms with Gasteiger partial charge >= 0.3 is 0 Å². The summed E-state index contributed by atoms with van der Waals surface area (Å²) in [5.41, 5.74) is 1.89. The van der Waals surface area contributed by atoms with Crippen LogP contribution in [-0.2, 0) is 22.6 Å². The van der Waals surface area contributed by atoms with Gasteiger partial charge in [0, 0.05) is 23.5 Å². The Morgan fingerprint density at radius 2 is 1.62 bits per heavy atom. The number of ether oxygens (including phenoxy) is 1. The first-order valence-electron chi connectivity index (χ1n) is 13.0. The van der Waals surface area contributed by atoms with Crippen molar-refractivity contribution >= 4 is 54.4 Å². The van der Waals surface area contributed by atoms with E-state index in [9.17, 15) is 9.59 Å². The van der Waals surface area contributed by atoms with Gasteiger partial charge in [-0.3, -0.25) is 9.59 Å². The van der Waals surface area contributed by atoms with Crippen molar-refractivity contribution in [1.29, 1.82) is 0 Å². The van der Waals surface area contributed by atoms with Gasteiger partial charge < -0.3 is 15.0 Å². The molecule has 0 bridgehead atoms. The number of amides is 2. The van der Waals surface area contributed by atoms with E-state index >= 15 is 0 Å². The van der Waals surface area contributed by atoms with Gasteiger partial charge in [-0.15, -0.1) is 0 Å². The number of carbonyl (C=O) groups excluding carboxylic acids is 2. The van der Waals surface area contributed by atoms with Gasteiger partial charge in [-0.1, -0.05) is 95.7 Å². The molecule has 4 aromatic rings. The van der Waals surface area contributed by atoms with E-state index in [0.29, 0.717) is 12.2 Å². The fraction of sp³-hybridized carbons (Fsp3) is 0.250. The van der Waals surface area contributed by atoms with Crippen LogP contribution in [0.5, 0.6) is 5.75 Å². The van der Waals surface area contributed by atoms with Crippen LogP contribution >= 0.6 is 31.9 Å². The molecule has 5 nitrogen and oxygen atoms in total. The molecule has 1 N–H and O–H groups in total. The third-order valence-corrected chi connectivity index (χ3v) is 8.00. The number of nitrogens with one attached hydrogen (secondary N) is 1. The molecule has 0 unspecified atom stereocenters. The summed E-state index contributed by atoms with van der Waals surface area (Å²) in [6, 6.07) is 28.7. The zero-order valence-corrected chi connectivity index (χ0v) is 25.2. The lowest BCUT2D eigenvalue weighted by Gasteiger charge is -2.32. The van der Waals surface area contributed by atoms with Gasteiger partial charge in [-0.05, 0) is 69.4 Å². The summed E-state index contributed by atoms with van der Waals surface area (Å²) in [5, 5.41) is 5.17. The van der Waals surface area contributed by atoms with Crippen LogP contribution in [0.1, 0.15) is 31.4 Å². The fourth-order valence-corrected chi connectivity index (χ4v) is 5.43. The monoisotopic (exact) mass is 650 g/mol. The van der Waals surface area contributed by atoms with E-state index in [0.717, 1.165) is 37.3 Å². The first kappa shape index (κ1) is 28.8. The molecule has 0 aliphatic rings. The topological polar surface area (TPSA) is 58.6 Å². The van der Waals surface area contributed by atoms with Crippen LogP contribution in [0.15, 0.2) is 99.9 Å². The normalized spacial score (nSPS) is 12.5. The maximum Gasteiger partial charge on any atom is 0.261 e. The Labute approximate surface area is 246 Å². The third kappa shape index (κ3) is 7.70. The standard InChI is InChI=1S/C32H32Br2N2O3/c1-3-22(2)35-32(38)28(19-23-10-5-4-6-11-23)36(20-24-12-9-14-26(33)18-24)30(37)21-39-29-17-16-25-13-7-8-15-27(25)31(29)34/h4-18,22,28H,3,19-21H2,1-2H3,(H,35,38)/t22-,28+/m0/s1. The molecule has 4 rings (SSSR count). The average Bonchev–Trinajstić information content (AvgIpc) is 2.95. The third-order valence-electron chi connectivity index (χ3n) is 6.69. The Bertz CT molecular complexity index is 1430. The van der Waals surface area contributed by atoms with E-state index < -0.39 is 6.04 Å². The predicted molar refractivity (Wildman–Crippen MR) is 164 cm³/mol. The second kappa shape index (κ2) is 13.8. The van der Waals surface area contributed by atoms with E-state index in [4.69, 9.17) is 4.74 Å². The maximum atomic E-state index is 13.9.